The van der Waals surface area contributed by atoms with Crippen LogP contribution in [0.25, 0.3) is 0 Å². The summed E-state index contributed by atoms with van der Waals surface area (Å²) in [5.41, 5.74) is -0.210. The van der Waals surface area contributed by atoms with Crippen LogP contribution >= 0.6 is 0 Å². The normalized spacial score (nSPS) is 10.5. The average molecular weight is 502 g/mol. The van der Waals surface area contributed by atoms with Crippen LogP contribution in [0.5, 0.6) is 11.5 Å². The molecule has 0 saturated carbocycles. The van der Waals surface area contributed by atoms with Crippen LogP contribution in [0.2, 0.25) is 0 Å². The first-order valence-electron chi connectivity index (χ1n) is 10.9. The minimum atomic E-state index is -2.74. The van der Waals surface area contributed by atoms with E-state index in [1.807, 2.05) is 18.2 Å². The number of aliphatic carboxylic acids is 3. The lowest BCUT2D eigenvalue weighted by Gasteiger charge is -2.18. The molecule has 2 rings (SSSR count). The Labute approximate surface area is 209 Å². The second-order valence-electron chi connectivity index (χ2n) is 7.93. The summed E-state index contributed by atoms with van der Waals surface area (Å²) >= 11 is 0. The summed E-state index contributed by atoms with van der Waals surface area (Å²) in [6.45, 7) is 2.09. The van der Waals surface area contributed by atoms with Gasteiger partial charge in [0.15, 0.2) is 17.1 Å². The van der Waals surface area contributed by atoms with Gasteiger partial charge in [0.25, 0.3) is 0 Å². The molecule has 0 aliphatic heterocycles. The van der Waals surface area contributed by atoms with Crippen molar-refractivity contribution >= 4 is 17.9 Å². The van der Waals surface area contributed by atoms with E-state index in [2.05, 4.69) is 48.2 Å². The molecule has 2 aromatic carbocycles. The first-order valence-corrected chi connectivity index (χ1v) is 10.9. The van der Waals surface area contributed by atoms with Crippen LogP contribution in [0, 0.1) is 12.3 Å². The highest BCUT2D eigenvalue weighted by Crippen LogP contribution is 2.28. The molecule has 0 radical (unpaired) electrons. The molecule has 0 aromatic heterocycles. The molecule has 0 atom stereocenters. The quantitative estimate of drug-likeness (QED) is 0.300. The molecule has 0 heterocycles. The van der Waals surface area contributed by atoms with E-state index in [0.29, 0.717) is 11.5 Å². The summed E-state index contributed by atoms with van der Waals surface area (Å²) < 4.78 is 10.8. The van der Waals surface area contributed by atoms with E-state index in [9.17, 15) is 14.4 Å². The van der Waals surface area contributed by atoms with Crippen LogP contribution < -0.4 is 9.47 Å². The van der Waals surface area contributed by atoms with Crippen LogP contribution in [-0.2, 0) is 27.3 Å². The predicted molar refractivity (Wildman–Crippen MR) is 131 cm³/mol. The summed E-state index contributed by atoms with van der Waals surface area (Å²) in [7, 11) is 3.75. The molecule has 0 fully saturated rings. The highest BCUT2D eigenvalue weighted by molar-refractivity contribution is 5.88. The zero-order valence-electron chi connectivity index (χ0n) is 20.2. The number of carboxylic acid groups (broad SMARTS) is 3. The van der Waals surface area contributed by atoms with Crippen molar-refractivity contribution in [3.8, 4) is 23.8 Å². The monoisotopic (exact) mass is 501 g/mol. The summed E-state index contributed by atoms with van der Waals surface area (Å²) in [5, 5.41) is 33.8. The smallest absolute Gasteiger partial charge is 0.336 e. The van der Waals surface area contributed by atoms with Gasteiger partial charge in [0, 0.05) is 13.1 Å². The van der Waals surface area contributed by atoms with Crippen molar-refractivity contribution in [1.29, 1.82) is 0 Å². The van der Waals surface area contributed by atoms with Gasteiger partial charge in [-0.3, -0.25) is 9.59 Å². The lowest BCUT2D eigenvalue weighted by atomic mass is 9.96. The zero-order chi connectivity index (χ0) is 27.1. The maximum atomic E-state index is 10.3. The number of ether oxygens (including phenoxy) is 2. The summed E-state index contributed by atoms with van der Waals surface area (Å²) in [4.78, 5) is 32.8. The second kappa shape index (κ2) is 15.0. The number of aliphatic hydroxyl groups is 1. The largest absolute Gasteiger partial charge is 0.493 e. The molecule has 0 bridgehead atoms. The van der Waals surface area contributed by atoms with E-state index >= 15 is 0 Å². The number of methoxy groups -OCH3 is 1. The van der Waals surface area contributed by atoms with Crippen molar-refractivity contribution in [3.63, 3.8) is 0 Å². The molecule has 36 heavy (non-hydrogen) atoms. The molecule has 10 nitrogen and oxygen atoms in total. The molecule has 194 valence electrons. The number of benzene rings is 2. The molecular formula is C26H31NO9. The van der Waals surface area contributed by atoms with Gasteiger partial charge in [-0.05, 0) is 36.7 Å². The number of terminal acetylenes is 1. The third-order valence-corrected chi connectivity index (χ3v) is 4.90. The topological polar surface area (TPSA) is 154 Å². The first-order chi connectivity index (χ1) is 17.0. The minimum Gasteiger partial charge on any atom is -0.493 e. The maximum absolute atomic E-state index is 10.3. The van der Waals surface area contributed by atoms with Crippen LogP contribution in [0.15, 0.2) is 48.5 Å². The number of carbonyl (C=O) groups is 3. The first kappa shape index (κ1) is 30.0. The molecule has 0 aliphatic rings. The van der Waals surface area contributed by atoms with Gasteiger partial charge >= 0.3 is 17.9 Å². The maximum Gasteiger partial charge on any atom is 0.336 e. The van der Waals surface area contributed by atoms with Gasteiger partial charge in [-0.25, -0.2) is 4.79 Å². The third kappa shape index (κ3) is 10.9. The lowest BCUT2D eigenvalue weighted by Crippen LogP contribution is -2.42. The molecule has 0 saturated heterocycles. The van der Waals surface area contributed by atoms with Crippen LogP contribution in [-0.4, -0.2) is 76.1 Å². The van der Waals surface area contributed by atoms with E-state index in [1.165, 1.54) is 11.1 Å². The summed E-state index contributed by atoms with van der Waals surface area (Å²) in [6.07, 6.45) is 4.00. The number of hydrogen-bond acceptors (Lipinski definition) is 7. The molecule has 0 unspecified atom stereocenters. The van der Waals surface area contributed by atoms with Gasteiger partial charge in [0.1, 0.15) is 6.61 Å². The number of hydrogen-bond donors (Lipinski definition) is 4. The fourth-order valence-electron chi connectivity index (χ4n) is 3.12. The van der Waals surface area contributed by atoms with E-state index in [4.69, 9.17) is 36.3 Å². The Morgan fingerprint density at radius 2 is 1.58 bits per heavy atom. The van der Waals surface area contributed by atoms with Gasteiger partial charge in [-0.1, -0.05) is 42.3 Å². The van der Waals surface area contributed by atoms with Crippen LogP contribution in [0.1, 0.15) is 24.0 Å². The molecule has 2 aromatic rings. The number of carboxylic acids is 3. The Balaban J connectivity index is 0.000000426. The van der Waals surface area contributed by atoms with Gasteiger partial charge in [0.2, 0.25) is 0 Å². The standard InChI is InChI=1S/C20H23NO2.C6H8O7/c1-4-14-23-20-15-18(10-11-19(20)22-3)16-21(2)13-12-17-8-6-5-7-9-17;7-3(8)1-6(13,5(11)12)2-4(9)10/h1,5-11,15H,12-14,16H2,2-3H3;13H,1-2H2,(H,7,8)(H,9,10)(H,11,12). The molecule has 0 aliphatic carbocycles. The highest BCUT2D eigenvalue weighted by Gasteiger charge is 2.40. The van der Waals surface area contributed by atoms with E-state index in [0.717, 1.165) is 19.5 Å². The van der Waals surface area contributed by atoms with Crippen molar-refractivity contribution in [2.45, 2.75) is 31.4 Å². The Hall–Kier alpha value is -4.07. The van der Waals surface area contributed by atoms with Gasteiger partial charge in [-0.15, -0.1) is 6.42 Å². The fraction of sp³-hybridized carbons (Fsp3) is 0.346. The van der Waals surface area contributed by atoms with Crippen LogP contribution in [0.3, 0.4) is 0 Å². The molecule has 4 N–H and O–H groups in total. The van der Waals surface area contributed by atoms with Crippen LogP contribution in [0.4, 0.5) is 0 Å². The number of likely N-dealkylation sites (N-methyl/N-ethyl adjacent to an activating group) is 1. The van der Waals surface area contributed by atoms with Gasteiger partial charge < -0.3 is 34.8 Å². The zero-order valence-corrected chi connectivity index (χ0v) is 20.2. The number of nitrogens with zero attached hydrogens (tertiary/aromatic N) is 1. The molecule has 10 heteroatoms. The Kier molecular flexibility index (Phi) is 12.5. The fourth-order valence-corrected chi connectivity index (χ4v) is 3.12. The van der Waals surface area contributed by atoms with Crippen molar-refractivity contribution in [2.24, 2.45) is 0 Å². The van der Waals surface area contributed by atoms with Gasteiger partial charge in [-0.2, -0.15) is 0 Å². The van der Waals surface area contributed by atoms with E-state index in [-0.39, 0.29) is 6.61 Å². The average Bonchev–Trinajstić information content (AvgIpc) is 2.81. The highest BCUT2D eigenvalue weighted by atomic mass is 16.5. The molecule has 0 spiro atoms. The molecular weight excluding hydrogens is 470 g/mol. The summed E-state index contributed by atoms with van der Waals surface area (Å²) in [5.74, 6) is -1.14. The van der Waals surface area contributed by atoms with Gasteiger partial charge in [0.05, 0.1) is 20.0 Å². The van der Waals surface area contributed by atoms with E-state index in [1.54, 1.807) is 7.11 Å². The Bertz CT molecular complexity index is 1030. The minimum absolute atomic E-state index is 0.240. The van der Waals surface area contributed by atoms with E-state index < -0.39 is 36.4 Å². The predicted octanol–water partition coefficient (Wildman–Crippen LogP) is 2.13. The van der Waals surface area contributed by atoms with Crippen molar-refractivity contribution in [2.75, 3.05) is 27.3 Å². The third-order valence-electron chi connectivity index (χ3n) is 4.90. The van der Waals surface area contributed by atoms with Crippen molar-refractivity contribution in [3.05, 3.63) is 59.7 Å². The summed E-state index contributed by atoms with van der Waals surface area (Å²) in [6, 6.07) is 16.5. The Morgan fingerprint density at radius 3 is 2.08 bits per heavy atom. The number of rotatable bonds is 13. The Morgan fingerprint density at radius 1 is 0.972 bits per heavy atom. The van der Waals surface area contributed by atoms with Crippen molar-refractivity contribution in [1.82, 2.24) is 4.90 Å². The second-order valence-corrected chi connectivity index (χ2v) is 7.93. The molecule has 0 amide bonds. The van der Waals surface area contributed by atoms with Crippen molar-refractivity contribution < 1.29 is 44.3 Å². The lowest BCUT2D eigenvalue weighted by molar-refractivity contribution is -0.170. The SMILES string of the molecule is C#CCOc1cc(CN(C)CCc2ccccc2)ccc1OC.O=C(O)CC(O)(CC(=O)O)C(=O)O.